The van der Waals surface area contributed by atoms with Crippen LogP contribution in [0, 0.1) is 11.8 Å². The van der Waals surface area contributed by atoms with Crippen molar-refractivity contribution in [2.45, 2.75) is 58.1 Å². The van der Waals surface area contributed by atoms with Gasteiger partial charge in [0.15, 0.2) is 0 Å². The molecule has 23 heavy (non-hydrogen) atoms. The number of nitrogens with zero attached hydrogens (tertiary/aromatic N) is 1. The van der Waals surface area contributed by atoms with Gasteiger partial charge in [0.05, 0.1) is 5.92 Å². The summed E-state index contributed by atoms with van der Waals surface area (Å²) in [6, 6.07) is -0.756. The Morgan fingerprint density at radius 1 is 1.35 bits per heavy atom. The number of hydrogen-bond acceptors (Lipinski definition) is 4. The number of hydrogen-bond donors (Lipinski definition) is 2. The van der Waals surface area contributed by atoms with Crippen LogP contribution in [0.2, 0.25) is 0 Å². The Labute approximate surface area is 136 Å². The van der Waals surface area contributed by atoms with Crippen molar-refractivity contribution in [2.75, 3.05) is 13.1 Å². The Balaban J connectivity index is 1.81. The average molecular weight is 326 g/mol. The molecule has 130 valence electrons. The van der Waals surface area contributed by atoms with Crippen LogP contribution in [0.3, 0.4) is 0 Å². The highest BCUT2D eigenvalue weighted by Crippen LogP contribution is 2.28. The summed E-state index contributed by atoms with van der Waals surface area (Å²) in [6.45, 7) is 6.82. The zero-order chi connectivity index (χ0) is 17.2. The van der Waals surface area contributed by atoms with Gasteiger partial charge in [-0.15, -0.1) is 0 Å². The zero-order valence-electron chi connectivity index (χ0n) is 14.0. The molecule has 7 heteroatoms. The number of nitrogens with one attached hydrogen (secondary N) is 1. The summed E-state index contributed by atoms with van der Waals surface area (Å²) in [5.41, 5.74) is -0.511. The second kappa shape index (κ2) is 6.76. The molecule has 0 aromatic heterocycles. The third kappa shape index (κ3) is 4.59. The maximum atomic E-state index is 12.1. The van der Waals surface area contributed by atoms with Crippen molar-refractivity contribution in [3.63, 3.8) is 0 Å². The number of piperidine rings is 1. The maximum Gasteiger partial charge on any atom is 0.410 e. The first-order valence-electron chi connectivity index (χ1n) is 8.18. The van der Waals surface area contributed by atoms with Crippen molar-refractivity contribution in [3.8, 4) is 0 Å². The smallest absolute Gasteiger partial charge is 0.410 e. The molecule has 2 aliphatic heterocycles. The number of carbonyl (C=O) groups is 3. The first-order valence-corrected chi connectivity index (χ1v) is 8.18. The number of amides is 2. The van der Waals surface area contributed by atoms with Crippen molar-refractivity contribution in [1.82, 2.24) is 10.2 Å². The lowest BCUT2D eigenvalue weighted by Gasteiger charge is -2.37. The van der Waals surface area contributed by atoms with E-state index in [0.717, 1.165) is 19.3 Å². The molecule has 2 rings (SSSR count). The van der Waals surface area contributed by atoms with Gasteiger partial charge in [0.25, 0.3) is 0 Å². The number of carboxylic acids is 1. The number of β-lactam (4-membered cyclic amide) rings is 1. The summed E-state index contributed by atoms with van der Waals surface area (Å²) >= 11 is 0. The van der Waals surface area contributed by atoms with Crippen LogP contribution in [0.5, 0.6) is 0 Å². The van der Waals surface area contributed by atoms with E-state index < -0.39 is 23.5 Å². The van der Waals surface area contributed by atoms with Gasteiger partial charge in [-0.2, -0.15) is 0 Å². The summed E-state index contributed by atoms with van der Waals surface area (Å²) in [5.74, 6) is -1.31. The van der Waals surface area contributed by atoms with Crippen LogP contribution >= 0.6 is 0 Å². The Hall–Kier alpha value is -1.79. The molecule has 2 fully saturated rings. The standard InChI is InChI=1S/C16H26N2O5/c1-16(2,3)23-15(22)18-8-4-5-10(9-18)6-7-11-12(14(20)21)17-13(11)19/h10-12H,4-9H2,1-3H3,(H,17,19)(H,20,21). The zero-order valence-corrected chi connectivity index (χ0v) is 14.0. The van der Waals surface area contributed by atoms with E-state index in [9.17, 15) is 14.4 Å². The minimum absolute atomic E-state index is 0.183. The third-order valence-electron chi connectivity index (χ3n) is 4.36. The molecule has 3 atom stereocenters. The van der Waals surface area contributed by atoms with E-state index >= 15 is 0 Å². The molecule has 0 radical (unpaired) electrons. The molecular formula is C16H26N2O5. The highest BCUT2D eigenvalue weighted by atomic mass is 16.6. The Kier molecular flexibility index (Phi) is 5.16. The van der Waals surface area contributed by atoms with Crippen LogP contribution in [0.1, 0.15) is 46.5 Å². The average Bonchev–Trinajstić information content (AvgIpc) is 2.43. The molecule has 0 bridgehead atoms. The van der Waals surface area contributed by atoms with Crippen molar-refractivity contribution in [3.05, 3.63) is 0 Å². The number of carbonyl (C=O) groups excluding carboxylic acids is 2. The Morgan fingerprint density at radius 2 is 2.04 bits per heavy atom. The summed E-state index contributed by atoms with van der Waals surface area (Å²) < 4.78 is 5.39. The van der Waals surface area contributed by atoms with E-state index in [1.54, 1.807) is 4.90 Å². The van der Waals surface area contributed by atoms with Gasteiger partial charge >= 0.3 is 12.1 Å². The predicted molar refractivity (Wildman–Crippen MR) is 82.8 cm³/mol. The van der Waals surface area contributed by atoms with Crippen molar-refractivity contribution in [2.24, 2.45) is 11.8 Å². The fourth-order valence-electron chi connectivity index (χ4n) is 3.16. The van der Waals surface area contributed by atoms with Gasteiger partial charge in [-0.3, -0.25) is 4.79 Å². The molecule has 2 N–H and O–H groups in total. The number of rotatable bonds is 4. The molecule has 2 heterocycles. The van der Waals surface area contributed by atoms with Gasteiger partial charge in [-0.1, -0.05) is 0 Å². The molecule has 0 aromatic carbocycles. The third-order valence-corrected chi connectivity index (χ3v) is 4.36. The summed E-state index contributed by atoms with van der Waals surface area (Å²) in [7, 11) is 0. The van der Waals surface area contributed by atoms with E-state index in [1.807, 2.05) is 20.8 Å². The highest BCUT2D eigenvalue weighted by Gasteiger charge is 2.44. The van der Waals surface area contributed by atoms with Gasteiger partial charge in [0, 0.05) is 13.1 Å². The fraction of sp³-hybridized carbons (Fsp3) is 0.812. The molecular weight excluding hydrogens is 300 g/mol. The summed E-state index contributed by atoms with van der Waals surface area (Å²) in [5, 5.41) is 11.4. The van der Waals surface area contributed by atoms with E-state index in [0.29, 0.717) is 25.4 Å². The van der Waals surface area contributed by atoms with Gasteiger partial charge in [-0.05, 0) is 52.4 Å². The molecule has 3 unspecified atom stereocenters. The van der Waals surface area contributed by atoms with Crippen LogP contribution < -0.4 is 5.32 Å². The molecule has 0 saturated carbocycles. The molecule has 7 nitrogen and oxygen atoms in total. The number of carboxylic acid groups (broad SMARTS) is 1. The van der Waals surface area contributed by atoms with E-state index in [2.05, 4.69) is 5.32 Å². The minimum atomic E-state index is -0.978. The number of aliphatic carboxylic acids is 1. The first kappa shape index (κ1) is 17.6. The van der Waals surface area contributed by atoms with Crippen molar-refractivity contribution < 1.29 is 24.2 Å². The second-order valence-electron chi connectivity index (χ2n) is 7.44. The Morgan fingerprint density at radius 3 is 2.61 bits per heavy atom. The minimum Gasteiger partial charge on any atom is -0.480 e. The first-order chi connectivity index (χ1) is 10.7. The van der Waals surface area contributed by atoms with E-state index in [4.69, 9.17) is 9.84 Å². The van der Waals surface area contributed by atoms with Gasteiger partial charge in [0.2, 0.25) is 5.91 Å². The SMILES string of the molecule is CC(C)(C)OC(=O)N1CCCC(CCC2C(=O)NC2C(=O)O)C1. The molecule has 2 amide bonds. The van der Waals surface area contributed by atoms with Crippen molar-refractivity contribution in [1.29, 1.82) is 0 Å². The van der Waals surface area contributed by atoms with Gasteiger partial charge < -0.3 is 20.1 Å². The van der Waals surface area contributed by atoms with Crippen LogP contribution in [0.15, 0.2) is 0 Å². The second-order valence-corrected chi connectivity index (χ2v) is 7.44. The Bertz CT molecular complexity index is 485. The van der Waals surface area contributed by atoms with E-state index in [-0.39, 0.29) is 12.0 Å². The number of ether oxygens (including phenoxy) is 1. The van der Waals surface area contributed by atoms with Gasteiger partial charge in [-0.25, -0.2) is 9.59 Å². The molecule has 0 aliphatic carbocycles. The lowest BCUT2D eigenvalue weighted by atomic mass is 9.82. The molecule has 0 spiro atoms. The lowest BCUT2D eigenvalue weighted by Crippen LogP contribution is -2.61. The quantitative estimate of drug-likeness (QED) is 0.765. The fourth-order valence-corrected chi connectivity index (χ4v) is 3.16. The molecule has 0 aromatic rings. The predicted octanol–water partition coefficient (Wildman–Crippen LogP) is 1.61. The molecule has 2 saturated heterocycles. The van der Waals surface area contributed by atoms with Crippen LogP contribution in [-0.2, 0) is 14.3 Å². The van der Waals surface area contributed by atoms with Crippen LogP contribution in [0.4, 0.5) is 4.79 Å². The largest absolute Gasteiger partial charge is 0.480 e. The summed E-state index contributed by atoms with van der Waals surface area (Å²) in [4.78, 5) is 36.3. The van der Waals surface area contributed by atoms with E-state index in [1.165, 1.54) is 0 Å². The molecule has 2 aliphatic rings. The number of likely N-dealkylation sites (tertiary alicyclic amines) is 1. The monoisotopic (exact) mass is 326 g/mol. The summed E-state index contributed by atoms with van der Waals surface area (Å²) in [6.07, 6.45) is 2.90. The van der Waals surface area contributed by atoms with Crippen LogP contribution in [-0.4, -0.2) is 52.7 Å². The van der Waals surface area contributed by atoms with Crippen molar-refractivity contribution >= 4 is 18.0 Å². The highest BCUT2D eigenvalue weighted by molar-refractivity contribution is 5.96. The topological polar surface area (TPSA) is 95.9 Å². The van der Waals surface area contributed by atoms with Gasteiger partial charge in [0.1, 0.15) is 11.6 Å². The maximum absolute atomic E-state index is 12.1. The lowest BCUT2D eigenvalue weighted by molar-refractivity contribution is -0.153. The normalized spacial score (nSPS) is 27.9. The van der Waals surface area contributed by atoms with Crippen LogP contribution in [0.25, 0.3) is 0 Å².